The average Bonchev–Trinajstić information content (AvgIpc) is 2.25. The van der Waals surface area contributed by atoms with Gasteiger partial charge in [0.15, 0.2) is 0 Å². The van der Waals surface area contributed by atoms with Gasteiger partial charge in [0.05, 0.1) is 12.7 Å². The summed E-state index contributed by atoms with van der Waals surface area (Å²) in [6.07, 6.45) is 0.589. The minimum atomic E-state index is -0.829. The number of hydrogen-bond acceptors (Lipinski definition) is 3. The van der Waals surface area contributed by atoms with E-state index in [1.165, 1.54) is 0 Å². The molecular formula is C15H22O3. The van der Waals surface area contributed by atoms with E-state index >= 15 is 0 Å². The summed E-state index contributed by atoms with van der Waals surface area (Å²) in [6.45, 7) is 7.65. The smallest absolute Gasteiger partial charge is 0.102 e. The van der Waals surface area contributed by atoms with Crippen LogP contribution in [0.1, 0.15) is 34.1 Å². The first-order chi connectivity index (χ1) is 8.29. The normalized spacial score (nSPS) is 27.8. The topological polar surface area (TPSA) is 60.7 Å². The van der Waals surface area contributed by atoms with E-state index in [1.807, 2.05) is 27.7 Å². The lowest BCUT2D eigenvalue weighted by atomic mass is 9.71. The zero-order valence-electron chi connectivity index (χ0n) is 11.5. The monoisotopic (exact) mass is 250 g/mol. The fourth-order valence-corrected chi connectivity index (χ4v) is 2.32. The molecule has 2 atom stereocenters. The van der Waals surface area contributed by atoms with Crippen LogP contribution in [-0.2, 0) is 0 Å². The minimum Gasteiger partial charge on any atom is -0.392 e. The van der Waals surface area contributed by atoms with Crippen molar-refractivity contribution >= 4 is 0 Å². The minimum absolute atomic E-state index is 0.0245. The second kappa shape index (κ2) is 5.71. The lowest BCUT2D eigenvalue weighted by molar-refractivity contribution is 0.00721. The molecule has 3 nitrogen and oxygen atoms in total. The molecule has 0 saturated heterocycles. The largest absolute Gasteiger partial charge is 0.392 e. The Hall–Kier alpha value is -1.08. The van der Waals surface area contributed by atoms with Crippen LogP contribution in [0.4, 0.5) is 0 Å². The van der Waals surface area contributed by atoms with Crippen LogP contribution in [-0.4, -0.2) is 34.1 Å². The van der Waals surface area contributed by atoms with Gasteiger partial charge in [-0.2, -0.15) is 0 Å². The molecular weight excluding hydrogens is 228 g/mol. The Balaban J connectivity index is 3.15. The number of aliphatic hydroxyl groups excluding tert-OH is 3. The molecule has 0 amide bonds. The molecule has 100 valence electrons. The molecule has 18 heavy (non-hydrogen) atoms. The number of rotatable bonds is 1. The Morgan fingerprint density at radius 2 is 2.06 bits per heavy atom. The second-order valence-electron chi connectivity index (χ2n) is 5.48. The van der Waals surface area contributed by atoms with Crippen LogP contribution in [0.5, 0.6) is 0 Å². The van der Waals surface area contributed by atoms with Gasteiger partial charge in [0, 0.05) is 11.0 Å². The molecule has 0 aromatic heterocycles. The van der Waals surface area contributed by atoms with Crippen molar-refractivity contribution in [3.63, 3.8) is 0 Å². The molecule has 0 heterocycles. The van der Waals surface area contributed by atoms with E-state index < -0.39 is 12.2 Å². The summed E-state index contributed by atoms with van der Waals surface area (Å²) in [5.74, 6) is 6.05. The Labute approximate surface area is 109 Å². The van der Waals surface area contributed by atoms with Gasteiger partial charge in [-0.3, -0.25) is 0 Å². The molecule has 0 spiro atoms. The van der Waals surface area contributed by atoms with E-state index in [9.17, 15) is 10.2 Å². The molecule has 0 aromatic rings. The maximum absolute atomic E-state index is 9.89. The van der Waals surface area contributed by atoms with Crippen molar-refractivity contribution in [1.82, 2.24) is 0 Å². The van der Waals surface area contributed by atoms with E-state index in [-0.39, 0.29) is 12.0 Å². The van der Waals surface area contributed by atoms with Crippen LogP contribution in [0.3, 0.4) is 0 Å². The quantitative estimate of drug-likeness (QED) is 0.616. The number of hydrogen-bond donors (Lipinski definition) is 3. The maximum atomic E-state index is 9.89. The highest BCUT2D eigenvalue weighted by Gasteiger charge is 2.37. The summed E-state index contributed by atoms with van der Waals surface area (Å²) in [5.41, 5.74) is 2.18. The first-order valence-electron chi connectivity index (χ1n) is 6.16. The highest BCUT2D eigenvalue weighted by molar-refractivity contribution is 5.45. The molecule has 3 heteroatoms. The van der Waals surface area contributed by atoms with Gasteiger partial charge in [0.1, 0.15) is 6.10 Å². The van der Waals surface area contributed by atoms with E-state index in [0.29, 0.717) is 6.42 Å². The zero-order chi connectivity index (χ0) is 13.9. The van der Waals surface area contributed by atoms with E-state index in [2.05, 4.69) is 11.8 Å². The van der Waals surface area contributed by atoms with E-state index in [0.717, 1.165) is 16.7 Å². The zero-order valence-corrected chi connectivity index (χ0v) is 11.5. The average molecular weight is 250 g/mol. The first-order valence-corrected chi connectivity index (χ1v) is 6.16. The molecule has 1 aliphatic carbocycles. The van der Waals surface area contributed by atoms with Crippen molar-refractivity contribution in [2.24, 2.45) is 5.41 Å². The number of allylic oxidation sites excluding steroid dienone is 2. The number of aliphatic hydroxyl groups is 3. The van der Waals surface area contributed by atoms with Gasteiger partial charge in [-0.05, 0) is 37.5 Å². The fraction of sp³-hybridized carbons (Fsp3) is 0.600. The van der Waals surface area contributed by atoms with Gasteiger partial charge >= 0.3 is 0 Å². The van der Waals surface area contributed by atoms with Crippen molar-refractivity contribution in [2.45, 2.75) is 46.3 Å². The molecule has 0 aliphatic heterocycles. The highest BCUT2D eigenvalue weighted by atomic mass is 16.3. The van der Waals surface area contributed by atoms with Crippen LogP contribution < -0.4 is 0 Å². The van der Waals surface area contributed by atoms with Crippen molar-refractivity contribution in [1.29, 1.82) is 0 Å². The van der Waals surface area contributed by atoms with Gasteiger partial charge in [0.25, 0.3) is 0 Å². The van der Waals surface area contributed by atoms with Gasteiger partial charge in [0.2, 0.25) is 0 Å². The summed E-state index contributed by atoms with van der Waals surface area (Å²) in [5, 5.41) is 28.4. The fourth-order valence-electron chi connectivity index (χ4n) is 2.32. The van der Waals surface area contributed by atoms with Gasteiger partial charge < -0.3 is 15.3 Å². The third-order valence-corrected chi connectivity index (χ3v) is 3.38. The molecule has 1 aliphatic rings. The lowest BCUT2D eigenvalue weighted by Crippen LogP contribution is -2.39. The van der Waals surface area contributed by atoms with Gasteiger partial charge in [-0.25, -0.2) is 0 Å². The first kappa shape index (κ1) is 15.0. The molecule has 3 N–H and O–H groups in total. The van der Waals surface area contributed by atoms with Crippen molar-refractivity contribution < 1.29 is 15.3 Å². The van der Waals surface area contributed by atoms with E-state index in [4.69, 9.17) is 5.11 Å². The Morgan fingerprint density at radius 1 is 1.44 bits per heavy atom. The summed E-state index contributed by atoms with van der Waals surface area (Å²) < 4.78 is 0. The summed E-state index contributed by atoms with van der Waals surface area (Å²) in [7, 11) is 0. The predicted molar refractivity (Wildman–Crippen MR) is 71.7 cm³/mol. The second-order valence-corrected chi connectivity index (χ2v) is 5.48. The summed E-state index contributed by atoms with van der Waals surface area (Å²) in [6, 6.07) is 0. The Kier molecular flexibility index (Phi) is 4.75. The van der Waals surface area contributed by atoms with Gasteiger partial charge in [-0.1, -0.05) is 25.7 Å². The molecule has 1 unspecified atom stereocenters. The molecule has 1 rings (SSSR count). The maximum Gasteiger partial charge on any atom is 0.102 e. The Morgan fingerprint density at radius 3 is 2.61 bits per heavy atom. The predicted octanol–water partition coefficient (Wildman–Crippen LogP) is 1.40. The van der Waals surface area contributed by atoms with Crippen molar-refractivity contribution in [3.05, 3.63) is 22.8 Å². The summed E-state index contributed by atoms with van der Waals surface area (Å²) in [4.78, 5) is 0. The van der Waals surface area contributed by atoms with Crippen molar-refractivity contribution in [3.8, 4) is 11.8 Å². The van der Waals surface area contributed by atoms with Crippen LogP contribution >= 0.6 is 0 Å². The van der Waals surface area contributed by atoms with Crippen LogP contribution in [0, 0.1) is 17.3 Å². The third-order valence-electron chi connectivity index (χ3n) is 3.38. The van der Waals surface area contributed by atoms with Crippen LogP contribution in [0.25, 0.3) is 0 Å². The molecule has 0 radical (unpaired) electrons. The van der Waals surface area contributed by atoms with Crippen LogP contribution in [0.15, 0.2) is 22.8 Å². The lowest BCUT2D eigenvalue weighted by Gasteiger charge is -2.37. The van der Waals surface area contributed by atoms with Crippen LogP contribution in [0.2, 0.25) is 0 Å². The molecule has 0 aromatic carbocycles. The van der Waals surface area contributed by atoms with Gasteiger partial charge in [-0.15, -0.1) is 0 Å². The highest BCUT2D eigenvalue weighted by Crippen LogP contribution is 2.39. The Bertz CT molecular complexity index is 432. The molecule has 0 saturated carbocycles. The summed E-state index contributed by atoms with van der Waals surface area (Å²) >= 11 is 0. The standard InChI is InChI=1S/C15H22O3/c1-10(7-8-16)5-6-12-11(2)14(18)13(17)9-15(12,3)4/h7,13-14,16-18H,8-9H2,1-4H3/b10-7+/t13-,14?/m0/s1. The third kappa shape index (κ3) is 3.23. The molecule has 0 bridgehead atoms. The molecule has 0 fully saturated rings. The van der Waals surface area contributed by atoms with E-state index in [1.54, 1.807) is 6.08 Å². The van der Waals surface area contributed by atoms with Crippen molar-refractivity contribution in [2.75, 3.05) is 6.61 Å². The SMILES string of the molecule is CC1=C(C#C/C(C)=C/CO)C(C)(C)C[C@H](O)C1O.